The molecule has 0 radical (unpaired) electrons. The summed E-state index contributed by atoms with van der Waals surface area (Å²) in [6, 6.07) is 2.92. The predicted molar refractivity (Wildman–Crippen MR) is 112 cm³/mol. The molecule has 2 aliphatic rings. The molecule has 1 saturated heterocycles. The lowest BCUT2D eigenvalue weighted by molar-refractivity contribution is 0.100. The van der Waals surface area contributed by atoms with Gasteiger partial charge in [-0.15, -0.1) is 5.10 Å². The maximum absolute atomic E-state index is 12.1. The second-order valence-electron chi connectivity index (χ2n) is 8.84. The minimum absolute atomic E-state index is 0.0126. The van der Waals surface area contributed by atoms with Crippen LogP contribution in [0.25, 0.3) is 17.0 Å². The molecular weight excluding hydrogens is 384 g/mol. The fourth-order valence-corrected chi connectivity index (χ4v) is 3.93. The summed E-state index contributed by atoms with van der Waals surface area (Å²) in [6.07, 6.45) is 6.50. The number of piperidine rings is 1. The quantitative estimate of drug-likeness (QED) is 0.483. The van der Waals surface area contributed by atoms with Crippen molar-refractivity contribution < 1.29 is 9.21 Å². The van der Waals surface area contributed by atoms with Crippen molar-refractivity contribution >= 4 is 23.1 Å². The molecule has 0 bridgehead atoms. The third kappa shape index (κ3) is 3.47. The van der Waals surface area contributed by atoms with Crippen molar-refractivity contribution in [1.29, 1.82) is 0 Å². The third-order valence-electron chi connectivity index (χ3n) is 5.93. The molecule has 1 atom stereocenters. The van der Waals surface area contributed by atoms with Gasteiger partial charge in [0.25, 0.3) is 11.8 Å². The topological polar surface area (TPSA) is 135 Å². The fraction of sp³-hybridized carbons (Fsp3) is 0.500. The molecule has 158 valence electrons. The summed E-state index contributed by atoms with van der Waals surface area (Å²) in [5.74, 6) is -0.117. The number of fused-ring (bicyclic) bond motifs is 1. The lowest BCUT2D eigenvalue weighted by Gasteiger charge is -2.40. The molecular formula is C20H26N8O2. The third-order valence-corrected chi connectivity index (χ3v) is 5.93. The molecule has 10 heteroatoms. The summed E-state index contributed by atoms with van der Waals surface area (Å²) in [5, 5.41) is 22.8. The van der Waals surface area contributed by atoms with Crippen LogP contribution >= 0.6 is 0 Å². The molecule has 4 heterocycles. The highest BCUT2D eigenvalue weighted by Gasteiger charge is 2.33. The van der Waals surface area contributed by atoms with Gasteiger partial charge >= 0.3 is 6.01 Å². The van der Waals surface area contributed by atoms with Crippen molar-refractivity contribution in [3.8, 4) is 11.5 Å². The minimum Gasteiger partial charge on any atom is -0.403 e. The molecule has 3 aromatic rings. The Bertz CT molecular complexity index is 1100. The van der Waals surface area contributed by atoms with E-state index in [1.165, 1.54) is 6.20 Å². The average Bonchev–Trinajstić information content (AvgIpc) is 3.21. The van der Waals surface area contributed by atoms with Crippen LogP contribution in [0, 0.1) is 5.41 Å². The first-order valence-corrected chi connectivity index (χ1v) is 10.3. The summed E-state index contributed by atoms with van der Waals surface area (Å²) in [5.41, 5.74) is 8.19. The fourth-order valence-electron chi connectivity index (χ4n) is 3.93. The number of nitrogens with zero attached hydrogens (tertiary/aromatic N) is 4. The van der Waals surface area contributed by atoms with Gasteiger partial charge in [0.2, 0.25) is 0 Å². The molecule has 1 saturated carbocycles. The van der Waals surface area contributed by atoms with E-state index in [2.05, 4.69) is 45.1 Å². The lowest BCUT2D eigenvalue weighted by Crippen LogP contribution is -2.50. The van der Waals surface area contributed by atoms with Crippen molar-refractivity contribution in [2.45, 2.75) is 45.2 Å². The van der Waals surface area contributed by atoms with Crippen molar-refractivity contribution in [2.75, 3.05) is 23.7 Å². The van der Waals surface area contributed by atoms with Gasteiger partial charge in [0.15, 0.2) is 0 Å². The molecule has 2 fully saturated rings. The second kappa shape index (κ2) is 6.98. The molecule has 10 nitrogen and oxygen atoms in total. The van der Waals surface area contributed by atoms with Gasteiger partial charge in [0.1, 0.15) is 0 Å². The SMILES string of the molecule is CC1(C)CNCC[C@H]1Nc1c(C(N)=O)cnn2cc(-c3nnc(NC4CC4)o3)cc12. The average molecular weight is 410 g/mol. The van der Waals surface area contributed by atoms with E-state index in [1.54, 1.807) is 4.52 Å². The number of aromatic nitrogens is 4. The number of carbonyl (C=O) groups excluding carboxylic acids is 1. The van der Waals surface area contributed by atoms with Gasteiger partial charge in [-0.25, -0.2) is 4.52 Å². The van der Waals surface area contributed by atoms with Gasteiger partial charge in [-0.2, -0.15) is 5.10 Å². The van der Waals surface area contributed by atoms with Crippen LogP contribution in [0.3, 0.4) is 0 Å². The van der Waals surface area contributed by atoms with Crippen LogP contribution in [0.1, 0.15) is 43.5 Å². The highest BCUT2D eigenvalue weighted by Crippen LogP contribution is 2.33. The van der Waals surface area contributed by atoms with E-state index in [0.29, 0.717) is 29.2 Å². The molecule has 3 aromatic heterocycles. The Kier molecular flexibility index (Phi) is 4.39. The predicted octanol–water partition coefficient (Wildman–Crippen LogP) is 1.86. The van der Waals surface area contributed by atoms with E-state index in [0.717, 1.165) is 43.4 Å². The van der Waals surface area contributed by atoms with Gasteiger partial charge in [-0.1, -0.05) is 18.9 Å². The largest absolute Gasteiger partial charge is 0.403 e. The van der Waals surface area contributed by atoms with Crippen LogP contribution in [0.15, 0.2) is 22.9 Å². The summed E-state index contributed by atoms with van der Waals surface area (Å²) >= 11 is 0. The summed E-state index contributed by atoms with van der Waals surface area (Å²) < 4.78 is 7.46. The highest BCUT2D eigenvalue weighted by molar-refractivity contribution is 6.02. The van der Waals surface area contributed by atoms with E-state index in [-0.39, 0.29) is 11.5 Å². The van der Waals surface area contributed by atoms with Crippen LogP contribution in [-0.4, -0.2) is 50.9 Å². The Morgan fingerprint density at radius 2 is 2.13 bits per heavy atom. The molecule has 1 amide bonds. The minimum atomic E-state index is -0.518. The van der Waals surface area contributed by atoms with Crippen molar-refractivity contribution in [2.24, 2.45) is 11.1 Å². The van der Waals surface area contributed by atoms with Gasteiger partial charge in [0, 0.05) is 24.8 Å². The van der Waals surface area contributed by atoms with E-state index in [1.807, 2.05) is 12.3 Å². The Morgan fingerprint density at radius 3 is 2.87 bits per heavy atom. The van der Waals surface area contributed by atoms with Crippen molar-refractivity contribution in [3.05, 3.63) is 24.0 Å². The number of carbonyl (C=O) groups is 1. The number of anilines is 2. The number of primary amides is 1. The van der Waals surface area contributed by atoms with Crippen LogP contribution in [0.5, 0.6) is 0 Å². The maximum Gasteiger partial charge on any atom is 0.315 e. The maximum atomic E-state index is 12.1. The van der Waals surface area contributed by atoms with Crippen molar-refractivity contribution in [1.82, 2.24) is 25.1 Å². The lowest BCUT2D eigenvalue weighted by atomic mass is 9.80. The monoisotopic (exact) mass is 410 g/mol. The molecule has 0 spiro atoms. The number of hydrogen-bond acceptors (Lipinski definition) is 8. The molecule has 0 aromatic carbocycles. The number of hydrogen-bond donors (Lipinski definition) is 4. The Morgan fingerprint density at radius 1 is 1.30 bits per heavy atom. The van der Waals surface area contributed by atoms with Crippen LogP contribution < -0.4 is 21.7 Å². The number of rotatable bonds is 6. The first kappa shape index (κ1) is 18.9. The number of nitrogens with two attached hydrogens (primary N) is 1. The molecule has 5 N–H and O–H groups in total. The Balaban J connectivity index is 1.53. The zero-order valence-corrected chi connectivity index (χ0v) is 17.1. The van der Waals surface area contributed by atoms with Crippen LogP contribution in [-0.2, 0) is 0 Å². The van der Waals surface area contributed by atoms with E-state index >= 15 is 0 Å². The summed E-state index contributed by atoms with van der Waals surface area (Å²) in [6.45, 7) is 6.22. The highest BCUT2D eigenvalue weighted by atomic mass is 16.4. The molecule has 30 heavy (non-hydrogen) atoms. The standard InChI is InChI=1S/C20H26N8O2/c1-20(2)10-22-6-5-15(20)25-16-13(17(21)29)8-23-28-9-11(7-14(16)28)18-26-27-19(30-18)24-12-3-4-12/h7-9,12,15,22,25H,3-6,10H2,1-2H3,(H2,21,29)(H,24,27)/t15-/m1/s1. The molecule has 5 rings (SSSR count). The van der Waals surface area contributed by atoms with Gasteiger partial charge in [0.05, 0.1) is 28.5 Å². The normalized spacial score (nSPS) is 20.9. The smallest absolute Gasteiger partial charge is 0.315 e. The first-order chi connectivity index (χ1) is 14.4. The Labute approximate surface area is 173 Å². The molecule has 1 aliphatic carbocycles. The van der Waals surface area contributed by atoms with Gasteiger partial charge < -0.3 is 26.1 Å². The van der Waals surface area contributed by atoms with Gasteiger partial charge in [-0.3, -0.25) is 4.79 Å². The van der Waals surface area contributed by atoms with Crippen LogP contribution in [0.4, 0.5) is 11.7 Å². The van der Waals surface area contributed by atoms with Crippen LogP contribution in [0.2, 0.25) is 0 Å². The zero-order valence-electron chi connectivity index (χ0n) is 17.1. The zero-order chi connectivity index (χ0) is 20.9. The van der Waals surface area contributed by atoms with E-state index in [9.17, 15) is 4.79 Å². The summed E-state index contributed by atoms with van der Waals surface area (Å²) in [4.78, 5) is 12.1. The van der Waals surface area contributed by atoms with E-state index < -0.39 is 5.91 Å². The summed E-state index contributed by atoms with van der Waals surface area (Å²) in [7, 11) is 0. The molecule has 0 unspecified atom stereocenters. The molecule has 1 aliphatic heterocycles. The number of amides is 1. The number of nitrogens with one attached hydrogen (secondary N) is 3. The van der Waals surface area contributed by atoms with E-state index in [4.69, 9.17) is 10.2 Å². The van der Waals surface area contributed by atoms with Crippen molar-refractivity contribution in [3.63, 3.8) is 0 Å². The van der Waals surface area contributed by atoms with Gasteiger partial charge in [-0.05, 0) is 37.3 Å². The first-order valence-electron chi connectivity index (χ1n) is 10.3. The second-order valence-corrected chi connectivity index (χ2v) is 8.84. The Hall–Kier alpha value is -3.14.